The molecule has 1 N–H and O–H groups in total. The van der Waals surface area contributed by atoms with E-state index in [-0.39, 0.29) is 23.4 Å². The number of nitrogens with zero attached hydrogens (tertiary/aromatic N) is 1. The van der Waals surface area contributed by atoms with E-state index in [0.717, 1.165) is 17.9 Å². The van der Waals surface area contributed by atoms with Crippen molar-refractivity contribution >= 4 is 21.6 Å². The SMILES string of the molecule is Cc1ccc(N(CC(=O)N[C@@H]2C[C@H]3CC[C@H]2C3)S(=O)(=O)c2ccccc2)cc1. The first-order valence-corrected chi connectivity index (χ1v) is 11.3. The van der Waals surface area contributed by atoms with Crippen molar-refractivity contribution in [3.05, 3.63) is 60.2 Å². The number of hydrogen-bond donors (Lipinski definition) is 1. The first-order valence-electron chi connectivity index (χ1n) is 9.87. The highest BCUT2D eigenvalue weighted by Crippen LogP contribution is 2.44. The van der Waals surface area contributed by atoms with Gasteiger partial charge in [-0.3, -0.25) is 9.10 Å². The Morgan fingerprint density at radius 2 is 1.75 bits per heavy atom. The van der Waals surface area contributed by atoms with Crippen molar-refractivity contribution in [2.75, 3.05) is 10.8 Å². The van der Waals surface area contributed by atoms with Crippen molar-refractivity contribution in [3.8, 4) is 0 Å². The van der Waals surface area contributed by atoms with Crippen LogP contribution in [0.2, 0.25) is 0 Å². The zero-order valence-corrected chi connectivity index (χ0v) is 16.9. The molecule has 6 heteroatoms. The van der Waals surface area contributed by atoms with Gasteiger partial charge in [-0.05, 0) is 62.3 Å². The molecule has 0 aliphatic heterocycles. The van der Waals surface area contributed by atoms with Crippen LogP contribution in [-0.2, 0) is 14.8 Å². The molecule has 2 fully saturated rings. The van der Waals surface area contributed by atoms with E-state index in [1.165, 1.54) is 23.6 Å². The number of hydrogen-bond acceptors (Lipinski definition) is 3. The maximum Gasteiger partial charge on any atom is 0.264 e. The summed E-state index contributed by atoms with van der Waals surface area (Å²) in [6, 6.07) is 15.7. The molecular weight excluding hydrogens is 372 g/mol. The maximum absolute atomic E-state index is 13.3. The fraction of sp³-hybridized carbons (Fsp3) is 0.409. The number of benzene rings is 2. The Balaban J connectivity index is 1.58. The second kappa shape index (κ2) is 7.59. The van der Waals surface area contributed by atoms with Gasteiger partial charge in [0.05, 0.1) is 10.6 Å². The summed E-state index contributed by atoms with van der Waals surface area (Å²) in [5.41, 5.74) is 1.53. The Morgan fingerprint density at radius 1 is 1.04 bits per heavy atom. The normalized spacial score (nSPS) is 23.5. The number of nitrogens with one attached hydrogen (secondary N) is 1. The van der Waals surface area contributed by atoms with Gasteiger partial charge >= 0.3 is 0 Å². The van der Waals surface area contributed by atoms with Crippen molar-refractivity contribution in [1.82, 2.24) is 5.32 Å². The van der Waals surface area contributed by atoms with Gasteiger partial charge in [0.1, 0.15) is 6.54 Å². The smallest absolute Gasteiger partial charge is 0.264 e. The highest BCUT2D eigenvalue weighted by atomic mass is 32.2. The average molecular weight is 399 g/mol. The molecular formula is C22H26N2O3S. The third-order valence-electron chi connectivity index (χ3n) is 6.02. The van der Waals surface area contributed by atoms with Gasteiger partial charge in [0.2, 0.25) is 5.91 Å². The third-order valence-corrected chi connectivity index (χ3v) is 7.81. The van der Waals surface area contributed by atoms with E-state index < -0.39 is 10.0 Å². The van der Waals surface area contributed by atoms with Crippen LogP contribution in [0.15, 0.2) is 59.5 Å². The Kier molecular flexibility index (Phi) is 5.15. The molecule has 2 saturated carbocycles. The molecule has 2 aliphatic rings. The summed E-state index contributed by atoms with van der Waals surface area (Å²) in [7, 11) is -3.83. The second-order valence-electron chi connectivity index (χ2n) is 8.01. The molecule has 0 spiro atoms. The van der Waals surface area contributed by atoms with Crippen molar-refractivity contribution < 1.29 is 13.2 Å². The van der Waals surface area contributed by atoms with Crippen molar-refractivity contribution in [3.63, 3.8) is 0 Å². The minimum Gasteiger partial charge on any atom is -0.352 e. The van der Waals surface area contributed by atoms with E-state index >= 15 is 0 Å². The lowest BCUT2D eigenvalue weighted by Gasteiger charge is -2.27. The van der Waals surface area contributed by atoms with Crippen LogP contribution in [0, 0.1) is 18.8 Å². The monoisotopic (exact) mass is 398 g/mol. The summed E-state index contributed by atoms with van der Waals surface area (Å²) in [5, 5.41) is 3.10. The molecule has 0 aromatic heterocycles. The van der Waals surface area contributed by atoms with Crippen LogP contribution in [0.1, 0.15) is 31.2 Å². The van der Waals surface area contributed by atoms with Crippen molar-refractivity contribution in [2.45, 2.75) is 43.5 Å². The first kappa shape index (κ1) is 19.0. The standard InChI is InChI=1S/C22H26N2O3S/c1-16-7-11-19(12-8-16)24(28(26,27)20-5-3-2-4-6-20)15-22(25)23-21-14-17-9-10-18(21)13-17/h2-8,11-12,17-18,21H,9-10,13-15H2,1H3,(H,23,25)/t17-,18-,21+/m0/s1. The number of sulfonamides is 1. The lowest BCUT2D eigenvalue weighted by molar-refractivity contribution is -0.120. The van der Waals surface area contributed by atoms with Gasteiger partial charge in [-0.25, -0.2) is 8.42 Å². The first-order chi connectivity index (χ1) is 13.4. The third kappa shape index (κ3) is 3.78. The van der Waals surface area contributed by atoms with E-state index in [9.17, 15) is 13.2 Å². The van der Waals surface area contributed by atoms with Crippen LogP contribution in [0.25, 0.3) is 0 Å². The quantitative estimate of drug-likeness (QED) is 0.810. The van der Waals surface area contributed by atoms with Gasteiger partial charge in [-0.15, -0.1) is 0 Å². The van der Waals surface area contributed by atoms with Crippen molar-refractivity contribution in [1.29, 1.82) is 0 Å². The second-order valence-corrected chi connectivity index (χ2v) is 9.87. The topological polar surface area (TPSA) is 66.5 Å². The Hall–Kier alpha value is -2.34. The molecule has 0 saturated heterocycles. The Bertz CT molecular complexity index is 942. The zero-order chi connectivity index (χ0) is 19.7. The maximum atomic E-state index is 13.3. The summed E-state index contributed by atoms with van der Waals surface area (Å²) in [4.78, 5) is 13.0. The number of rotatable bonds is 6. The summed E-state index contributed by atoms with van der Waals surface area (Å²) < 4.78 is 27.7. The van der Waals surface area contributed by atoms with Gasteiger partial charge in [-0.2, -0.15) is 0 Å². The fourth-order valence-electron chi connectivity index (χ4n) is 4.55. The molecule has 0 radical (unpaired) electrons. The van der Waals surface area contributed by atoms with E-state index in [4.69, 9.17) is 0 Å². The van der Waals surface area contributed by atoms with Crippen LogP contribution >= 0.6 is 0 Å². The number of fused-ring (bicyclic) bond motifs is 2. The number of aryl methyl sites for hydroxylation is 1. The van der Waals surface area contributed by atoms with Gasteiger partial charge in [0, 0.05) is 6.04 Å². The van der Waals surface area contributed by atoms with Gasteiger partial charge < -0.3 is 5.32 Å². The number of carbonyl (C=O) groups excluding carboxylic acids is 1. The van der Waals surface area contributed by atoms with Crippen LogP contribution < -0.4 is 9.62 Å². The summed E-state index contributed by atoms with van der Waals surface area (Å²) >= 11 is 0. The highest BCUT2D eigenvalue weighted by molar-refractivity contribution is 7.92. The van der Waals surface area contributed by atoms with E-state index in [1.54, 1.807) is 42.5 Å². The number of anilines is 1. The zero-order valence-electron chi connectivity index (χ0n) is 16.0. The number of carbonyl (C=O) groups is 1. The molecule has 3 atom stereocenters. The van der Waals surface area contributed by atoms with Gasteiger partial charge in [0.15, 0.2) is 0 Å². The minimum absolute atomic E-state index is 0.184. The van der Waals surface area contributed by atoms with Gasteiger partial charge in [-0.1, -0.05) is 42.3 Å². The largest absolute Gasteiger partial charge is 0.352 e. The lowest BCUT2D eigenvalue weighted by atomic mass is 9.95. The van der Waals surface area contributed by atoms with E-state index in [0.29, 0.717) is 11.6 Å². The average Bonchev–Trinajstić information content (AvgIpc) is 3.31. The molecule has 148 valence electrons. The van der Waals surface area contributed by atoms with E-state index in [1.807, 2.05) is 19.1 Å². The summed E-state index contributed by atoms with van der Waals surface area (Å²) in [5.74, 6) is 1.03. The molecule has 0 unspecified atom stereocenters. The van der Waals surface area contributed by atoms with Crippen LogP contribution in [0.5, 0.6) is 0 Å². The predicted molar refractivity (Wildman–Crippen MR) is 110 cm³/mol. The summed E-state index contributed by atoms with van der Waals surface area (Å²) in [6.45, 7) is 1.73. The molecule has 2 aromatic carbocycles. The molecule has 5 nitrogen and oxygen atoms in total. The molecule has 2 aromatic rings. The molecule has 0 heterocycles. The fourth-order valence-corrected chi connectivity index (χ4v) is 5.99. The van der Waals surface area contributed by atoms with E-state index in [2.05, 4.69) is 5.32 Å². The molecule has 2 bridgehead atoms. The predicted octanol–water partition coefficient (Wildman–Crippen LogP) is 3.50. The van der Waals surface area contributed by atoms with Crippen molar-refractivity contribution in [2.24, 2.45) is 11.8 Å². The van der Waals surface area contributed by atoms with Crippen LogP contribution in [0.4, 0.5) is 5.69 Å². The van der Waals surface area contributed by atoms with Gasteiger partial charge in [0.25, 0.3) is 10.0 Å². The lowest BCUT2D eigenvalue weighted by Crippen LogP contribution is -2.45. The molecule has 28 heavy (non-hydrogen) atoms. The Labute approximate surface area is 166 Å². The minimum atomic E-state index is -3.83. The Morgan fingerprint density at radius 3 is 2.36 bits per heavy atom. The molecule has 1 amide bonds. The molecule has 2 aliphatic carbocycles. The molecule has 4 rings (SSSR count). The van der Waals surface area contributed by atoms with Crippen LogP contribution in [0.3, 0.4) is 0 Å². The number of amides is 1. The van der Waals surface area contributed by atoms with Crippen LogP contribution in [-0.4, -0.2) is 26.9 Å². The summed E-state index contributed by atoms with van der Waals surface area (Å²) in [6.07, 6.45) is 4.63. The highest BCUT2D eigenvalue weighted by Gasteiger charge is 2.40.